The Morgan fingerprint density at radius 1 is 1.04 bits per heavy atom. The van der Waals surface area contributed by atoms with Gasteiger partial charge in [0.25, 0.3) is 5.91 Å². The van der Waals surface area contributed by atoms with Gasteiger partial charge >= 0.3 is 0 Å². The Labute approximate surface area is 164 Å². The average Bonchev–Trinajstić information content (AvgIpc) is 2.65. The van der Waals surface area contributed by atoms with E-state index in [1.807, 2.05) is 38.1 Å². The van der Waals surface area contributed by atoms with Crippen LogP contribution >= 0.6 is 0 Å². The molecule has 2 aromatic rings. The third-order valence-corrected chi connectivity index (χ3v) is 5.05. The molecule has 150 valence electrons. The number of hydrogen-bond acceptors (Lipinski definition) is 4. The number of halogens is 2. The molecule has 1 aliphatic carbocycles. The van der Waals surface area contributed by atoms with Gasteiger partial charge in [0, 0.05) is 49.2 Å². The van der Waals surface area contributed by atoms with Gasteiger partial charge in [-0.3, -0.25) is 4.79 Å². The van der Waals surface area contributed by atoms with Crippen molar-refractivity contribution in [3.05, 3.63) is 53.2 Å². The van der Waals surface area contributed by atoms with E-state index in [1.54, 1.807) is 0 Å². The zero-order valence-corrected chi connectivity index (χ0v) is 16.4. The summed E-state index contributed by atoms with van der Waals surface area (Å²) in [5, 5.41) is 6.42. The fourth-order valence-corrected chi connectivity index (χ4v) is 3.48. The molecule has 0 unspecified atom stereocenters. The molecule has 0 radical (unpaired) electrons. The van der Waals surface area contributed by atoms with Crippen molar-refractivity contribution in [2.45, 2.75) is 44.7 Å². The predicted octanol–water partition coefficient (Wildman–Crippen LogP) is 3.89. The van der Waals surface area contributed by atoms with Crippen molar-refractivity contribution < 1.29 is 13.6 Å². The molecular formula is C21H26F2N4O. The Kier molecular flexibility index (Phi) is 6.11. The third-order valence-electron chi connectivity index (χ3n) is 5.05. The van der Waals surface area contributed by atoms with Crippen LogP contribution in [-0.2, 0) is 0 Å². The summed E-state index contributed by atoms with van der Waals surface area (Å²) in [6.07, 6.45) is 3.43. The zero-order valence-electron chi connectivity index (χ0n) is 16.4. The number of hydrogen-bond donors (Lipinski definition) is 2. The first-order chi connectivity index (χ1) is 13.3. The van der Waals surface area contributed by atoms with E-state index in [-0.39, 0.29) is 17.5 Å². The van der Waals surface area contributed by atoms with Crippen molar-refractivity contribution in [1.82, 2.24) is 10.3 Å². The first kappa shape index (κ1) is 20.0. The summed E-state index contributed by atoms with van der Waals surface area (Å²) in [6, 6.07) is 7.60. The molecule has 7 heteroatoms. The van der Waals surface area contributed by atoms with Crippen molar-refractivity contribution in [3.8, 4) is 0 Å². The van der Waals surface area contributed by atoms with Gasteiger partial charge in [-0.2, -0.15) is 0 Å². The summed E-state index contributed by atoms with van der Waals surface area (Å²) < 4.78 is 26.3. The molecule has 1 heterocycles. The number of carbonyl (C=O) groups excluding carboxylic acids is 1. The van der Waals surface area contributed by atoms with E-state index in [0.717, 1.165) is 55.0 Å². The van der Waals surface area contributed by atoms with Gasteiger partial charge in [0.15, 0.2) is 11.6 Å². The molecule has 1 saturated carbocycles. The minimum absolute atomic E-state index is 0.0291. The molecule has 0 saturated heterocycles. The Bertz CT molecular complexity index is 848. The number of nitrogens with one attached hydrogen (secondary N) is 2. The number of rotatable bonds is 5. The molecule has 1 aromatic heterocycles. The molecule has 0 bridgehead atoms. The molecule has 0 spiro atoms. The van der Waals surface area contributed by atoms with E-state index in [9.17, 15) is 13.6 Å². The second kappa shape index (κ2) is 8.54. The highest BCUT2D eigenvalue weighted by Gasteiger charge is 2.23. The summed E-state index contributed by atoms with van der Waals surface area (Å²) in [7, 11) is 4.00. The van der Waals surface area contributed by atoms with Crippen molar-refractivity contribution in [1.29, 1.82) is 0 Å². The third kappa shape index (κ3) is 4.97. The lowest BCUT2D eigenvalue weighted by Gasteiger charge is -2.30. The molecule has 1 fully saturated rings. The molecule has 0 atom stereocenters. The van der Waals surface area contributed by atoms with Gasteiger partial charge in [0.2, 0.25) is 0 Å². The Morgan fingerprint density at radius 2 is 1.71 bits per heavy atom. The van der Waals surface area contributed by atoms with Crippen LogP contribution in [0.15, 0.2) is 30.3 Å². The van der Waals surface area contributed by atoms with Crippen LogP contribution < -0.4 is 15.5 Å². The number of aromatic nitrogens is 1. The van der Waals surface area contributed by atoms with Gasteiger partial charge < -0.3 is 15.5 Å². The highest BCUT2D eigenvalue weighted by molar-refractivity contribution is 5.94. The topological polar surface area (TPSA) is 57.3 Å². The largest absolute Gasteiger partial charge is 0.377 e. The van der Waals surface area contributed by atoms with Gasteiger partial charge in [-0.15, -0.1) is 0 Å². The van der Waals surface area contributed by atoms with Crippen molar-refractivity contribution in [3.63, 3.8) is 0 Å². The van der Waals surface area contributed by atoms with Gasteiger partial charge in [-0.05, 0) is 56.9 Å². The maximum atomic E-state index is 13.3. The molecular weight excluding hydrogens is 362 g/mol. The van der Waals surface area contributed by atoms with Crippen molar-refractivity contribution in [2.24, 2.45) is 0 Å². The fourth-order valence-electron chi connectivity index (χ4n) is 3.48. The van der Waals surface area contributed by atoms with Gasteiger partial charge in [0.05, 0.1) is 0 Å². The normalized spacial score (nSPS) is 19.2. The second-order valence-electron chi connectivity index (χ2n) is 7.54. The molecule has 5 nitrogen and oxygen atoms in total. The lowest BCUT2D eigenvalue weighted by atomic mass is 9.91. The summed E-state index contributed by atoms with van der Waals surface area (Å²) in [5.74, 6) is -1.47. The molecule has 1 aliphatic rings. The maximum absolute atomic E-state index is 13.3. The van der Waals surface area contributed by atoms with Gasteiger partial charge in [-0.25, -0.2) is 13.8 Å². The van der Waals surface area contributed by atoms with Crippen molar-refractivity contribution >= 4 is 17.4 Å². The van der Waals surface area contributed by atoms with E-state index >= 15 is 0 Å². The second-order valence-corrected chi connectivity index (χ2v) is 7.54. The molecule has 3 rings (SSSR count). The standard InChI is InChI=1S/C21H26F2N4O/c1-13-10-17(27(2)3)12-20(24-13)25-15-5-7-16(8-6-15)26-21(28)14-4-9-18(22)19(23)11-14/h4,9-12,15-16H,5-8H2,1-3H3,(H,24,25)(H,26,28). The van der Waals surface area contributed by atoms with Gasteiger partial charge in [-0.1, -0.05) is 0 Å². The average molecular weight is 388 g/mol. The number of nitrogens with zero attached hydrogens (tertiary/aromatic N) is 2. The Hall–Kier alpha value is -2.70. The van der Waals surface area contributed by atoms with Crippen LogP contribution in [0.1, 0.15) is 41.7 Å². The fraction of sp³-hybridized carbons (Fsp3) is 0.429. The van der Waals surface area contributed by atoms with E-state index in [4.69, 9.17) is 0 Å². The summed E-state index contributed by atoms with van der Waals surface area (Å²) in [5.41, 5.74) is 2.20. The van der Waals surface area contributed by atoms with Gasteiger partial charge in [0.1, 0.15) is 5.82 Å². The molecule has 0 aliphatic heterocycles. The van der Waals surface area contributed by atoms with Crippen LogP contribution in [-0.4, -0.2) is 37.1 Å². The van der Waals surface area contributed by atoms with E-state index < -0.39 is 11.6 Å². The number of benzene rings is 1. The first-order valence-electron chi connectivity index (χ1n) is 9.50. The first-order valence-corrected chi connectivity index (χ1v) is 9.50. The minimum Gasteiger partial charge on any atom is -0.377 e. The minimum atomic E-state index is -1.01. The van der Waals surface area contributed by atoms with Crippen LogP contribution in [0.2, 0.25) is 0 Å². The monoisotopic (exact) mass is 388 g/mol. The van der Waals surface area contributed by atoms with Crippen LogP contribution in [0.4, 0.5) is 20.3 Å². The van der Waals surface area contributed by atoms with Crippen LogP contribution in [0.25, 0.3) is 0 Å². The lowest BCUT2D eigenvalue weighted by Crippen LogP contribution is -2.40. The summed E-state index contributed by atoms with van der Waals surface area (Å²) >= 11 is 0. The highest BCUT2D eigenvalue weighted by Crippen LogP contribution is 2.24. The van der Waals surface area contributed by atoms with E-state index in [0.29, 0.717) is 6.04 Å². The Balaban J connectivity index is 1.53. The van der Waals surface area contributed by atoms with Crippen LogP contribution in [0.3, 0.4) is 0 Å². The summed E-state index contributed by atoms with van der Waals surface area (Å²) in [6.45, 7) is 1.98. The zero-order chi connectivity index (χ0) is 20.3. The molecule has 1 amide bonds. The SMILES string of the molecule is Cc1cc(N(C)C)cc(NC2CCC(NC(=O)c3ccc(F)c(F)c3)CC2)n1. The van der Waals surface area contributed by atoms with E-state index in [2.05, 4.69) is 15.6 Å². The number of anilines is 2. The predicted molar refractivity (Wildman–Crippen MR) is 107 cm³/mol. The number of carbonyl (C=O) groups is 1. The Morgan fingerprint density at radius 3 is 2.36 bits per heavy atom. The maximum Gasteiger partial charge on any atom is 0.251 e. The smallest absolute Gasteiger partial charge is 0.251 e. The number of amides is 1. The molecule has 2 N–H and O–H groups in total. The van der Waals surface area contributed by atoms with Crippen LogP contribution in [0.5, 0.6) is 0 Å². The number of aryl methyl sites for hydroxylation is 1. The molecule has 1 aromatic carbocycles. The number of pyridine rings is 1. The summed E-state index contributed by atoms with van der Waals surface area (Å²) in [4.78, 5) is 18.9. The lowest BCUT2D eigenvalue weighted by molar-refractivity contribution is 0.0926. The van der Waals surface area contributed by atoms with E-state index in [1.165, 1.54) is 6.07 Å². The quantitative estimate of drug-likeness (QED) is 0.816. The van der Waals surface area contributed by atoms with Crippen molar-refractivity contribution in [2.75, 3.05) is 24.3 Å². The molecule has 28 heavy (non-hydrogen) atoms. The van der Waals surface area contributed by atoms with Crippen LogP contribution in [0, 0.1) is 18.6 Å². The highest BCUT2D eigenvalue weighted by atomic mass is 19.2.